The molecule has 1 heterocycles. The van der Waals surface area contributed by atoms with Crippen LogP contribution in [0.5, 0.6) is 5.75 Å². The molecule has 17 heavy (non-hydrogen) atoms. The maximum atomic E-state index is 10.9. The molecule has 1 aromatic carbocycles. The Balaban J connectivity index is 2.32. The Labute approximate surface area is 99.5 Å². The van der Waals surface area contributed by atoms with Crippen molar-refractivity contribution < 1.29 is 14.3 Å². The second-order valence-corrected chi connectivity index (χ2v) is 3.86. The molecule has 4 nitrogen and oxygen atoms in total. The maximum Gasteiger partial charge on any atom is 0.308 e. The van der Waals surface area contributed by atoms with Crippen LogP contribution < -0.4 is 4.74 Å². The van der Waals surface area contributed by atoms with Gasteiger partial charge in [0.15, 0.2) is 0 Å². The fourth-order valence-electron chi connectivity index (χ4n) is 1.81. The highest BCUT2D eigenvalue weighted by Crippen LogP contribution is 2.24. The van der Waals surface area contributed by atoms with Gasteiger partial charge in [0.1, 0.15) is 5.75 Å². The van der Waals surface area contributed by atoms with Crippen LogP contribution in [0, 0.1) is 0 Å². The Kier molecular flexibility index (Phi) is 3.44. The predicted molar refractivity (Wildman–Crippen MR) is 65.2 cm³/mol. The van der Waals surface area contributed by atoms with Gasteiger partial charge in [-0.25, -0.2) is 0 Å². The van der Waals surface area contributed by atoms with Crippen molar-refractivity contribution in [3.8, 4) is 5.75 Å². The van der Waals surface area contributed by atoms with Crippen molar-refractivity contribution in [1.29, 1.82) is 0 Å². The molecule has 0 fully saturated rings. The minimum Gasteiger partial charge on any atom is -0.427 e. The van der Waals surface area contributed by atoms with Gasteiger partial charge in [-0.15, -0.1) is 0 Å². The van der Waals surface area contributed by atoms with Gasteiger partial charge in [0.05, 0.1) is 6.61 Å². The summed E-state index contributed by atoms with van der Waals surface area (Å²) in [5.74, 6) is 0.265. The zero-order valence-electron chi connectivity index (χ0n) is 9.95. The average Bonchev–Trinajstić information content (AvgIpc) is 2.68. The molecule has 90 valence electrons. The van der Waals surface area contributed by atoms with Gasteiger partial charge < -0.3 is 14.5 Å². The summed E-state index contributed by atoms with van der Waals surface area (Å²) < 4.78 is 10.1. The normalized spacial score (nSPS) is 10.7. The third-order valence-corrected chi connectivity index (χ3v) is 2.58. The molecule has 0 aliphatic rings. The van der Waals surface area contributed by atoms with E-state index in [2.05, 4.69) is 4.98 Å². The molecule has 0 saturated heterocycles. The van der Waals surface area contributed by atoms with Crippen molar-refractivity contribution in [2.45, 2.75) is 13.3 Å². The molecule has 1 aromatic heterocycles. The van der Waals surface area contributed by atoms with Crippen LogP contribution in [0.1, 0.15) is 12.5 Å². The van der Waals surface area contributed by atoms with E-state index in [0.29, 0.717) is 12.4 Å². The molecule has 0 unspecified atom stereocenters. The highest BCUT2D eigenvalue weighted by Gasteiger charge is 2.06. The molecule has 4 heteroatoms. The summed E-state index contributed by atoms with van der Waals surface area (Å²) in [4.78, 5) is 14.1. The van der Waals surface area contributed by atoms with Gasteiger partial charge in [-0.05, 0) is 30.2 Å². The van der Waals surface area contributed by atoms with Crippen LogP contribution in [-0.2, 0) is 16.0 Å². The van der Waals surface area contributed by atoms with E-state index in [1.807, 2.05) is 18.3 Å². The van der Waals surface area contributed by atoms with E-state index in [1.165, 1.54) is 6.92 Å². The van der Waals surface area contributed by atoms with Crippen molar-refractivity contribution in [1.82, 2.24) is 4.98 Å². The highest BCUT2D eigenvalue weighted by atomic mass is 16.5. The van der Waals surface area contributed by atoms with E-state index in [4.69, 9.17) is 9.47 Å². The number of H-pyrrole nitrogens is 1. The second kappa shape index (κ2) is 5.01. The molecule has 0 aliphatic heterocycles. The summed E-state index contributed by atoms with van der Waals surface area (Å²) in [6.07, 6.45) is 2.79. The number of aromatic nitrogens is 1. The molecule has 0 spiro atoms. The molecule has 2 rings (SSSR count). The summed E-state index contributed by atoms with van der Waals surface area (Å²) in [7, 11) is 1.68. The monoisotopic (exact) mass is 233 g/mol. The van der Waals surface area contributed by atoms with Crippen LogP contribution in [0.4, 0.5) is 0 Å². The lowest BCUT2D eigenvalue weighted by Crippen LogP contribution is -2.01. The number of fused-ring (bicyclic) bond motifs is 1. The number of methoxy groups -OCH3 is 1. The molecule has 0 amide bonds. The van der Waals surface area contributed by atoms with Crippen molar-refractivity contribution in [2.75, 3.05) is 13.7 Å². The molecule has 0 bridgehead atoms. The summed E-state index contributed by atoms with van der Waals surface area (Å²) in [6.45, 7) is 2.07. The first-order valence-corrected chi connectivity index (χ1v) is 5.48. The van der Waals surface area contributed by atoms with Gasteiger partial charge in [-0.3, -0.25) is 4.79 Å². The number of hydrogen-bond acceptors (Lipinski definition) is 3. The van der Waals surface area contributed by atoms with Crippen LogP contribution in [0.2, 0.25) is 0 Å². The number of carbonyl (C=O) groups is 1. The molecule has 0 aliphatic carbocycles. The van der Waals surface area contributed by atoms with Gasteiger partial charge >= 0.3 is 5.97 Å². The third-order valence-electron chi connectivity index (χ3n) is 2.58. The lowest BCUT2D eigenvalue weighted by Gasteiger charge is -2.02. The fourth-order valence-corrected chi connectivity index (χ4v) is 1.81. The highest BCUT2D eigenvalue weighted by molar-refractivity contribution is 5.85. The number of hydrogen-bond donors (Lipinski definition) is 1. The molecule has 0 atom stereocenters. The van der Waals surface area contributed by atoms with Crippen LogP contribution >= 0.6 is 0 Å². The Hall–Kier alpha value is -1.81. The zero-order chi connectivity index (χ0) is 12.3. The Bertz CT molecular complexity index is 530. The third kappa shape index (κ3) is 2.65. The SMILES string of the molecule is COCCc1c[nH]c2ccc(OC(C)=O)cc12. The Morgan fingerprint density at radius 3 is 2.94 bits per heavy atom. The minimum atomic E-state index is -0.307. The van der Waals surface area contributed by atoms with E-state index in [-0.39, 0.29) is 5.97 Å². The van der Waals surface area contributed by atoms with Gasteiger partial charge in [0.2, 0.25) is 0 Å². The largest absolute Gasteiger partial charge is 0.427 e. The first-order chi connectivity index (χ1) is 8.20. The molecule has 1 N–H and O–H groups in total. The van der Waals surface area contributed by atoms with Gasteiger partial charge in [0, 0.05) is 31.1 Å². The Morgan fingerprint density at radius 2 is 2.24 bits per heavy atom. The molecule has 0 saturated carbocycles. The number of nitrogens with one attached hydrogen (secondary N) is 1. The zero-order valence-corrected chi connectivity index (χ0v) is 9.95. The molecular formula is C13H15NO3. The van der Waals surface area contributed by atoms with Crippen molar-refractivity contribution in [3.63, 3.8) is 0 Å². The van der Waals surface area contributed by atoms with Crippen LogP contribution in [-0.4, -0.2) is 24.7 Å². The van der Waals surface area contributed by atoms with E-state index in [0.717, 1.165) is 22.9 Å². The lowest BCUT2D eigenvalue weighted by atomic mass is 10.1. The standard InChI is InChI=1S/C13H15NO3/c1-9(15)17-11-3-4-13-12(7-11)10(8-14-13)5-6-16-2/h3-4,7-8,14H,5-6H2,1-2H3. The van der Waals surface area contributed by atoms with Crippen LogP contribution in [0.3, 0.4) is 0 Å². The van der Waals surface area contributed by atoms with Crippen molar-refractivity contribution >= 4 is 16.9 Å². The quantitative estimate of drug-likeness (QED) is 0.651. The van der Waals surface area contributed by atoms with E-state index in [1.54, 1.807) is 13.2 Å². The molecular weight excluding hydrogens is 218 g/mol. The minimum absolute atomic E-state index is 0.307. The maximum absolute atomic E-state index is 10.9. The number of esters is 1. The number of carbonyl (C=O) groups excluding carboxylic acids is 1. The fraction of sp³-hybridized carbons (Fsp3) is 0.308. The summed E-state index contributed by atoms with van der Waals surface area (Å²) in [5, 5.41) is 1.07. The predicted octanol–water partition coefficient (Wildman–Crippen LogP) is 2.28. The van der Waals surface area contributed by atoms with Crippen molar-refractivity contribution in [3.05, 3.63) is 30.0 Å². The average molecular weight is 233 g/mol. The molecule has 2 aromatic rings. The lowest BCUT2D eigenvalue weighted by molar-refractivity contribution is -0.131. The number of benzene rings is 1. The Morgan fingerprint density at radius 1 is 1.41 bits per heavy atom. The summed E-state index contributed by atoms with van der Waals surface area (Å²) >= 11 is 0. The number of ether oxygens (including phenoxy) is 2. The topological polar surface area (TPSA) is 51.3 Å². The van der Waals surface area contributed by atoms with Crippen LogP contribution in [0.25, 0.3) is 10.9 Å². The van der Waals surface area contributed by atoms with Gasteiger partial charge in [0.25, 0.3) is 0 Å². The number of rotatable bonds is 4. The summed E-state index contributed by atoms with van der Waals surface area (Å²) in [6, 6.07) is 5.56. The summed E-state index contributed by atoms with van der Waals surface area (Å²) in [5.41, 5.74) is 2.20. The smallest absolute Gasteiger partial charge is 0.308 e. The van der Waals surface area contributed by atoms with E-state index in [9.17, 15) is 4.79 Å². The van der Waals surface area contributed by atoms with Gasteiger partial charge in [-0.2, -0.15) is 0 Å². The van der Waals surface area contributed by atoms with E-state index < -0.39 is 0 Å². The first-order valence-electron chi connectivity index (χ1n) is 5.48. The van der Waals surface area contributed by atoms with Crippen molar-refractivity contribution in [2.24, 2.45) is 0 Å². The first kappa shape index (κ1) is 11.7. The van der Waals surface area contributed by atoms with E-state index >= 15 is 0 Å². The van der Waals surface area contributed by atoms with Gasteiger partial charge in [-0.1, -0.05) is 0 Å². The molecule has 0 radical (unpaired) electrons. The van der Waals surface area contributed by atoms with Crippen LogP contribution in [0.15, 0.2) is 24.4 Å². The number of aromatic amines is 1. The second-order valence-electron chi connectivity index (χ2n) is 3.86.